The molecule has 1 aromatic carbocycles. The highest BCUT2D eigenvalue weighted by molar-refractivity contribution is 7.88. The number of thiazole rings is 1. The zero-order valence-electron chi connectivity index (χ0n) is 16.3. The number of amides is 1. The zero-order chi connectivity index (χ0) is 20.6. The van der Waals surface area contributed by atoms with Crippen LogP contribution in [-0.2, 0) is 21.4 Å². The third-order valence-corrected chi connectivity index (χ3v) is 7.32. The van der Waals surface area contributed by atoms with Crippen LogP contribution in [0.15, 0.2) is 42.6 Å². The maximum Gasteiger partial charge on any atom is 0.247 e. The number of hydrogen-bond donors (Lipinski definition) is 0. The predicted octanol–water partition coefficient (Wildman–Crippen LogP) is 2.96. The summed E-state index contributed by atoms with van der Waals surface area (Å²) in [6.45, 7) is 2.62. The maximum absolute atomic E-state index is 13.5. The number of anilines is 1. The second-order valence-corrected chi connectivity index (χ2v) is 10.2. The lowest BCUT2D eigenvalue weighted by Gasteiger charge is -2.27. The topological polar surface area (TPSA) is 83.5 Å². The lowest BCUT2D eigenvalue weighted by atomic mass is 10.2. The molecule has 0 N–H and O–H groups in total. The van der Waals surface area contributed by atoms with Crippen molar-refractivity contribution < 1.29 is 13.2 Å². The molecule has 1 saturated heterocycles. The van der Waals surface area contributed by atoms with Crippen LogP contribution in [0.4, 0.5) is 5.13 Å². The smallest absolute Gasteiger partial charge is 0.247 e. The van der Waals surface area contributed by atoms with E-state index >= 15 is 0 Å². The second kappa shape index (κ2) is 7.81. The second-order valence-electron chi connectivity index (χ2n) is 7.24. The number of sulfonamides is 1. The Bertz CT molecular complexity index is 1150. The molecule has 1 amide bonds. The first-order valence-corrected chi connectivity index (χ1v) is 12.0. The third-order valence-electron chi connectivity index (χ3n) is 4.99. The van der Waals surface area contributed by atoms with Crippen molar-refractivity contribution in [3.05, 3.63) is 53.9 Å². The number of carbonyl (C=O) groups excluding carboxylic acids is 1. The monoisotopic (exact) mass is 430 g/mol. The van der Waals surface area contributed by atoms with Gasteiger partial charge in [-0.2, -0.15) is 4.31 Å². The van der Waals surface area contributed by atoms with E-state index in [-0.39, 0.29) is 12.5 Å². The molecule has 1 fully saturated rings. The molecule has 1 aliphatic rings. The lowest BCUT2D eigenvalue weighted by molar-refractivity contribution is -0.121. The van der Waals surface area contributed by atoms with Gasteiger partial charge in [0, 0.05) is 12.7 Å². The van der Waals surface area contributed by atoms with Gasteiger partial charge in [-0.15, -0.1) is 0 Å². The van der Waals surface area contributed by atoms with E-state index in [1.807, 2.05) is 43.3 Å². The molecule has 4 rings (SSSR count). The van der Waals surface area contributed by atoms with E-state index in [9.17, 15) is 13.2 Å². The summed E-state index contributed by atoms with van der Waals surface area (Å²) in [5.74, 6) is -0.255. The number of fused-ring (bicyclic) bond motifs is 1. The van der Waals surface area contributed by atoms with Crippen molar-refractivity contribution in [2.45, 2.75) is 32.4 Å². The van der Waals surface area contributed by atoms with Gasteiger partial charge in [0.1, 0.15) is 6.04 Å². The van der Waals surface area contributed by atoms with Crippen molar-refractivity contribution in [1.29, 1.82) is 0 Å². The Morgan fingerprint density at radius 1 is 1.31 bits per heavy atom. The van der Waals surface area contributed by atoms with Crippen LogP contribution in [0.25, 0.3) is 10.2 Å². The SMILES string of the molecule is Cc1ccc2nc(N(Cc3ccccn3)C(=O)C3CCCN3S(C)(=O)=O)sc2c1. The molecule has 0 radical (unpaired) electrons. The quantitative estimate of drug-likeness (QED) is 0.621. The fourth-order valence-electron chi connectivity index (χ4n) is 3.59. The summed E-state index contributed by atoms with van der Waals surface area (Å²) < 4.78 is 26.6. The number of aryl methyl sites for hydroxylation is 1. The van der Waals surface area contributed by atoms with Gasteiger partial charge in [-0.05, 0) is 49.6 Å². The largest absolute Gasteiger partial charge is 0.281 e. The van der Waals surface area contributed by atoms with E-state index < -0.39 is 16.1 Å². The molecule has 0 bridgehead atoms. The van der Waals surface area contributed by atoms with Gasteiger partial charge in [0.2, 0.25) is 15.9 Å². The van der Waals surface area contributed by atoms with Gasteiger partial charge in [-0.3, -0.25) is 14.7 Å². The van der Waals surface area contributed by atoms with E-state index in [1.54, 1.807) is 11.1 Å². The molecular formula is C20H22N4O3S2. The van der Waals surface area contributed by atoms with E-state index in [0.717, 1.165) is 27.7 Å². The summed E-state index contributed by atoms with van der Waals surface area (Å²) >= 11 is 1.43. The average Bonchev–Trinajstić information content (AvgIpc) is 3.33. The van der Waals surface area contributed by atoms with Gasteiger partial charge in [0.25, 0.3) is 0 Å². The first-order chi connectivity index (χ1) is 13.8. The first kappa shape index (κ1) is 19.9. The van der Waals surface area contributed by atoms with Crippen LogP contribution in [0.2, 0.25) is 0 Å². The minimum absolute atomic E-state index is 0.243. The van der Waals surface area contributed by atoms with Crippen LogP contribution in [-0.4, -0.2) is 47.4 Å². The molecular weight excluding hydrogens is 408 g/mol. The molecule has 2 aromatic heterocycles. The molecule has 7 nitrogen and oxygen atoms in total. The van der Waals surface area contributed by atoms with E-state index in [0.29, 0.717) is 24.5 Å². The number of nitrogens with zero attached hydrogens (tertiary/aromatic N) is 4. The fourth-order valence-corrected chi connectivity index (χ4v) is 5.78. The Morgan fingerprint density at radius 3 is 2.86 bits per heavy atom. The van der Waals surface area contributed by atoms with Crippen molar-refractivity contribution in [3.8, 4) is 0 Å². The predicted molar refractivity (Wildman–Crippen MR) is 114 cm³/mol. The number of aromatic nitrogens is 2. The van der Waals surface area contributed by atoms with Crippen molar-refractivity contribution in [3.63, 3.8) is 0 Å². The molecule has 3 aromatic rings. The summed E-state index contributed by atoms with van der Waals surface area (Å²) in [6, 6.07) is 10.8. The normalized spacial score (nSPS) is 17.7. The molecule has 152 valence electrons. The van der Waals surface area contributed by atoms with Crippen molar-refractivity contribution >= 4 is 42.6 Å². The van der Waals surface area contributed by atoms with E-state index in [1.165, 1.54) is 15.6 Å². The van der Waals surface area contributed by atoms with Gasteiger partial charge >= 0.3 is 0 Å². The Morgan fingerprint density at radius 2 is 2.14 bits per heavy atom. The fraction of sp³-hybridized carbons (Fsp3) is 0.350. The Hall–Kier alpha value is -2.36. The van der Waals surface area contributed by atoms with E-state index in [2.05, 4.69) is 9.97 Å². The molecule has 0 aliphatic carbocycles. The van der Waals surface area contributed by atoms with E-state index in [4.69, 9.17) is 0 Å². The molecule has 29 heavy (non-hydrogen) atoms. The minimum Gasteiger partial charge on any atom is -0.281 e. The number of carbonyl (C=O) groups is 1. The summed E-state index contributed by atoms with van der Waals surface area (Å²) in [4.78, 5) is 24.1. The number of pyridine rings is 1. The molecule has 0 spiro atoms. The summed E-state index contributed by atoms with van der Waals surface area (Å²) in [5, 5.41) is 0.557. The number of hydrogen-bond acceptors (Lipinski definition) is 6. The molecule has 3 heterocycles. The Kier molecular flexibility index (Phi) is 5.37. The molecule has 1 unspecified atom stereocenters. The van der Waals surface area contributed by atoms with Gasteiger partial charge < -0.3 is 0 Å². The highest BCUT2D eigenvalue weighted by Crippen LogP contribution is 2.32. The van der Waals surface area contributed by atoms with Crippen molar-refractivity contribution in [2.75, 3.05) is 17.7 Å². The third kappa shape index (κ3) is 4.17. The molecule has 0 saturated carbocycles. The van der Waals surface area contributed by atoms with Crippen molar-refractivity contribution in [1.82, 2.24) is 14.3 Å². The van der Waals surface area contributed by atoms with Crippen LogP contribution in [0.5, 0.6) is 0 Å². The number of benzene rings is 1. The highest BCUT2D eigenvalue weighted by Gasteiger charge is 2.39. The van der Waals surface area contributed by atoms with Crippen LogP contribution in [0.3, 0.4) is 0 Å². The maximum atomic E-state index is 13.5. The van der Waals surface area contributed by atoms with Crippen LogP contribution in [0, 0.1) is 6.92 Å². The van der Waals surface area contributed by atoms with Gasteiger partial charge in [0.05, 0.1) is 28.7 Å². The van der Waals surface area contributed by atoms with Gasteiger partial charge in [-0.25, -0.2) is 13.4 Å². The zero-order valence-corrected chi connectivity index (χ0v) is 17.9. The summed E-state index contributed by atoms with van der Waals surface area (Å²) in [7, 11) is -3.46. The van der Waals surface area contributed by atoms with Gasteiger partial charge in [-0.1, -0.05) is 23.5 Å². The molecule has 1 aliphatic heterocycles. The summed E-state index contributed by atoms with van der Waals surface area (Å²) in [5.41, 5.74) is 2.66. The molecule has 9 heteroatoms. The average molecular weight is 431 g/mol. The Balaban J connectivity index is 1.74. The Labute approximate surface area is 174 Å². The minimum atomic E-state index is -3.46. The number of rotatable bonds is 5. The van der Waals surface area contributed by atoms with Crippen LogP contribution in [0.1, 0.15) is 24.1 Å². The van der Waals surface area contributed by atoms with Crippen molar-refractivity contribution in [2.24, 2.45) is 0 Å². The lowest BCUT2D eigenvalue weighted by Crippen LogP contribution is -2.47. The van der Waals surface area contributed by atoms with Crippen LogP contribution >= 0.6 is 11.3 Å². The molecule has 1 atom stereocenters. The van der Waals surface area contributed by atoms with Gasteiger partial charge in [0.15, 0.2) is 5.13 Å². The highest BCUT2D eigenvalue weighted by atomic mass is 32.2. The van der Waals surface area contributed by atoms with Crippen LogP contribution < -0.4 is 4.90 Å². The summed E-state index contributed by atoms with van der Waals surface area (Å²) in [6.07, 6.45) is 4.01. The standard InChI is InChI=1S/C20H22N4O3S2/c1-14-8-9-16-18(12-14)28-20(22-16)23(13-15-6-3-4-10-21-15)19(25)17-7-5-11-24(17)29(2,26)27/h3-4,6,8-10,12,17H,5,7,11,13H2,1-2H3. The first-order valence-electron chi connectivity index (χ1n) is 9.38.